The minimum Gasteiger partial charge on any atom is -0.505 e. The molecule has 0 radical (unpaired) electrons. The summed E-state index contributed by atoms with van der Waals surface area (Å²) in [5, 5.41) is 12.4. The van der Waals surface area contributed by atoms with Gasteiger partial charge in [0.15, 0.2) is 0 Å². The number of hydrogen-bond acceptors (Lipinski definition) is 4. The van der Waals surface area contributed by atoms with Crippen molar-refractivity contribution in [2.75, 3.05) is 33.2 Å². The number of pyridine rings is 1. The number of phenols is 1. The van der Waals surface area contributed by atoms with Gasteiger partial charge in [-0.3, -0.25) is 9.88 Å². The highest BCUT2D eigenvalue weighted by Gasteiger charge is 2.28. The van der Waals surface area contributed by atoms with Gasteiger partial charge >= 0.3 is 0 Å². The van der Waals surface area contributed by atoms with Crippen molar-refractivity contribution in [3.05, 3.63) is 70.9 Å². The Labute approximate surface area is 158 Å². The maximum Gasteiger partial charge on any atom is 0.147 e. The lowest BCUT2D eigenvalue weighted by Gasteiger charge is -2.38. The van der Waals surface area contributed by atoms with Gasteiger partial charge in [-0.1, -0.05) is 41.9 Å². The van der Waals surface area contributed by atoms with Crippen LogP contribution in [0.25, 0.3) is 10.9 Å². The third-order valence-corrected chi connectivity index (χ3v) is 5.47. The highest BCUT2D eigenvalue weighted by Crippen LogP contribution is 2.41. The number of halogens is 1. The Balaban J connectivity index is 1.87. The van der Waals surface area contributed by atoms with Gasteiger partial charge in [0, 0.05) is 43.3 Å². The summed E-state index contributed by atoms with van der Waals surface area (Å²) >= 11 is 6.55. The molecule has 5 heteroatoms. The van der Waals surface area contributed by atoms with Crippen LogP contribution in [-0.2, 0) is 0 Å². The minimum absolute atomic E-state index is 0.0474. The van der Waals surface area contributed by atoms with Crippen LogP contribution in [0.4, 0.5) is 0 Å². The van der Waals surface area contributed by atoms with E-state index in [0.717, 1.165) is 42.7 Å². The lowest BCUT2D eigenvalue weighted by atomic mass is 9.94. The average Bonchev–Trinajstić information content (AvgIpc) is 2.68. The molecule has 4 rings (SSSR count). The van der Waals surface area contributed by atoms with E-state index in [9.17, 15) is 5.11 Å². The standard InChI is InChI=1S/C21H22ClN3O/c1-24-10-12-25(13-11-24)20(15-6-3-2-4-7-15)17-14-18(22)16-8-5-9-23-19(16)21(17)26/h2-9,14,20,26H,10-13H2,1H3. The normalized spacial score (nSPS) is 17.5. The first kappa shape index (κ1) is 17.3. The Bertz CT molecular complexity index is 908. The summed E-state index contributed by atoms with van der Waals surface area (Å²) in [6.07, 6.45) is 1.69. The Kier molecular flexibility index (Phi) is 4.81. The topological polar surface area (TPSA) is 39.6 Å². The summed E-state index contributed by atoms with van der Waals surface area (Å²) in [7, 11) is 2.14. The van der Waals surface area contributed by atoms with Gasteiger partial charge in [0.05, 0.1) is 11.1 Å². The molecule has 134 valence electrons. The number of benzene rings is 2. The van der Waals surface area contributed by atoms with Gasteiger partial charge in [0.2, 0.25) is 0 Å². The number of piperazine rings is 1. The third kappa shape index (κ3) is 3.16. The van der Waals surface area contributed by atoms with Crippen LogP contribution in [0.15, 0.2) is 54.7 Å². The predicted molar refractivity (Wildman–Crippen MR) is 106 cm³/mol. The molecule has 1 atom stereocenters. The lowest BCUT2D eigenvalue weighted by molar-refractivity contribution is 0.126. The molecule has 1 fully saturated rings. The van der Waals surface area contributed by atoms with Crippen LogP contribution in [0, 0.1) is 0 Å². The van der Waals surface area contributed by atoms with E-state index < -0.39 is 0 Å². The number of hydrogen-bond donors (Lipinski definition) is 1. The monoisotopic (exact) mass is 367 g/mol. The van der Waals surface area contributed by atoms with Gasteiger partial charge in [0.1, 0.15) is 11.3 Å². The van der Waals surface area contributed by atoms with Crippen molar-refractivity contribution in [2.45, 2.75) is 6.04 Å². The fourth-order valence-electron chi connectivity index (χ4n) is 3.72. The highest BCUT2D eigenvalue weighted by atomic mass is 35.5. The van der Waals surface area contributed by atoms with Crippen molar-refractivity contribution in [3.8, 4) is 5.75 Å². The Morgan fingerprint density at radius 2 is 1.77 bits per heavy atom. The molecule has 0 aliphatic carbocycles. The van der Waals surface area contributed by atoms with E-state index >= 15 is 0 Å². The largest absolute Gasteiger partial charge is 0.505 e. The molecule has 3 aromatic rings. The second-order valence-corrected chi connectivity index (χ2v) is 7.26. The molecule has 2 aromatic carbocycles. The zero-order valence-corrected chi connectivity index (χ0v) is 15.5. The SMILES string of the molecule is CN1CCN(C(c2ccccc2)c2cc(Cl)c3cccnc3c2O)CC1. The molecule has 1 saturated heterocycles. The molecule has 1 aliphatic heterocycles. The second-order valence-electron chi connectivity index (χ2n) is 6.85. The van der Waals surface area contributed by atoms with E-state index in [1.807, 2.05) is 36.4 Å². The zero-order chi connectivity index (χ0) is 18.1. The van der Waals surface area contributed by atoms with Crippen molar-refractivity contribution in [1.82, 2.24) is 14.8 Å². The molecule has 1 N–H and O–H groups in total. The number of aromatic hydroxyl groups is 1. The van der Waals surface area contributed by atoms with Crippen LogP contribution in [0.5, 0.6) is 5.75 Å². The lowest BCUT2D eigenvalue weighted by Crippen LogP contribution is -2.46. The van der Waals surface area contributed by atoms with E-state index in [-0.39, 0.29) is 11.8 Å². The third-order valence-electron chi connectivity index (χ3n) is 5.16. The molecular weight excluding hydrogens is 346 g/mol. The predicted octanol–water partition coefficient (Wildman–Crippen LogP) is 3.93. The first-order chi connectivity index (χ1) is 12.6. The van der Waals surface area contributed by atoms with Gasteiger partial charge in [-0.2, -0.15) is 0 Å². The van der Waals surface area contributed by atoms with Gasteiger partial charge in [-0.25, -0.2) is 0 Å². The van der Waals surface area contributed by atoms with Crippen LogP contribution < -0.4 is 0 Å². The van der Waals surface area contributed by atoms with Crippen molar-refractivity contribution in [3.63, 3.8) is 0 Å². The van der Waals surface area contributed by atoms with Crippen molar-refractivity contribution in [1.29, 1.82) is 0 Å². The summed E-state index contributed by atoms with van der Waals surface area (Å²) in [5.41, 5.74) is 2.53. The highest BCUT2D eigenvalue weighted by molar-refractivity contribution is 6.35. The van der Waals surface area contributed by atoms with Gasteiger partial charge in [-0.15, -0.1) is 0 Å². The molecule has 0 saturated carbocycles. The van der Waals surface area contributed by atoms with Crippen LogP contribution >= 0.6 is 11.6 Å². The molecule has 26 heavy (non-hydrogen) atoms. The van der Waals surface area contributed by atoms with E-state index in [0.29, 0.717) is 10.5 Å². The molecule has 1 aliphatic rings. The molecule has 0 bridgehead atoms. The molecule has 4 nitrogen and oxygen atoms in total. The van der Waals surface area contributed by atoms with Crippen LogP contribution in [0.3, 0.4) is 0 Å². The van der Waals surface area contributed by atoms with E-state index in [4.69, 9.17) is 11.6 Å². The maximum atomic E-state index is 11.0. The summed E-state index contributed by atoms with van der Waals surface area (Å²) in [5.74, 6) is 0.220. The van der Waals surface area contributed by atoms with Gasteiger partial charge in [0.25, 0.3) is 0 Å². The number of phenolic OH excluding ortho intramolecular Hbond substituents is 1. The van der Waals surface area contributed by atoms with Gasteiger partial charge in [-0.05, 0) is 30.8 Å². The first-order valence-electron chi connectivity index (χ1n) is 8.89. The molecule has 1 unspecified atom stereocenters. The van der Waals surface area contributed by atoms with Crippen LogP contribution in [0.2, 0.25) is 5.02 Å². The molecular formula is C21H22ClN3O. The number of fused-ring (bicyclic) bond motifs is 1. The minimum atomic E-state index is -0.0474. The smallest absolute Gasteiger partial charge is 0.147 e. The summed E-state index contributed by atoms with van der Waals surface area (Å²) in [6.45, 7) is 3.88. The summed E-state index contributed by atoms with van der Waals surface area (Å²) < 4.78 is 0. The van der Waals surface area contributed by atoms with Crippen LogP contribution in [0.1, 0.15) is 17.2 Å². The van der Waals surface area contributed by atoms with E-state index in [1.165, 1.54) is 0 Å². The van der Waals surface area contributed by atoms with Gasteiger partial charge < -0.3 is 10.0 Å². The van der Waals surface area contributed by atoms with Crippen molar-refractivity contribution < 1.29 is 5.11 Å². The zero-order valence-electron chi connectivity index (χ0n) is 14.8. The molecule has 1 aromatic heterocycles. The Morgan fingerprint density at radius 3 is 2.50 bits per heavy atom. The maximum absolute atomic E-state index is 11.0. The quantitative estimate of drug-likeness (QED) is 0.761. The summed E-state index contributed by atoms with van der Waals surface area (Å²) in [4.78, 5) is 9.11. The molecule has 0 amide bonds. The fraction of sp³-hybridized carbons (Fsp3) is 0.286. The first-order valence-corrected chi connectivity index (χ1v) is 9.26. The molecule has 2 heterocycles. The van der Waals surface area contributed by atoms with Crippen molar-refractivity contribution >= 4 is 22.5 Å². The van der Waals surface area contributed by atoms with E-state index in [1.54, 1.807) is 6.20 Å². The second kappa shape index (κ2) is 7.23. The summed E-state index contributed by atoms with van der Waals surface area (Å²) in [6, 6.07) is 15.9. The Hall–Kier alpha value is -2.14. The Morgan fingerprint density at radius 1 is 1.04 bits per heavy atom. The number of nitrogens with zero attached hydrogens (tertiary/aromatic N) is 3. The number of rotatable bonds is 3. The van der Waals surface area contributed by atoms with Crippen molar-refractivity contribution in [2.24, 2.45) is 0 Å². The number of likely N-dealkylation sites (N-methyl/N-ethyl adjacent to an activating group) is 1. The fourth-order valence-corrected chi connectivity index (χ4v) is 3.99. The average molecular weight is 368 g/mol. The number of aromatic nitrogens is 1. The van der Waals surface area contributed by atoms with Crippen LogP contribution in [-0.4, -0.2) is 53.1 Å². The molecule has 0 spiro atoms. The van der Waals surface area contributed by atoms with E-state index in [2.05, 4.69) is 34.0 Å².